The van der Waals surface area contributed by atoms with Gasteiger partial charge in [0.25, 0.3) is 0 Å². The Kier molecular flexibility index (Phi) is 9.53. The summed E-state index contributed by atoms with van der Waals surface area (Å²) in [6.07, 6.45) is 3.30. The lowest BCUT2D eigenvalue weighted by atomic mass is 9.95. The van der Waals surface area contributed by atoms with Crippen LogP contribution in [0.5, 0.6) is 5.75 Å². The van der Waals surface area contributed by atoms with Crippen molar-refractivity contribution in [1.29, 1.82) is 5.26 Å². The molecule has 0 saturated carbocycles. The number of hydrogen-bond acceptors (Lipinski definition) is 5. The maximum absolute atomic E-state index is 9.65. The molecule has 0 bridgehead atoms. The van der Waals surface area contributed by atoms with Crippen LogP contribution in [0.25, 0.3) is 0 Å². The summed E-state index contributed by atoms with van der Waals surface area (Å²) in [6, 6.07) is 16.1. The number of benzene rings is 2. The molecule has 4 nitrogen and oxygen atoms in total. The third kappa shape index (κ3) is 7.40. The Balaban J connectivity index is 0.000000253. The van der Waals surface area contributed by atoms with E-state index in [0.29, 0.717) is 5.56 Å². The van der Waals surface area contributed by atoms with Crippen LogP contribution in [0.1, 0.15) is 36.0 Å². The second-order valence-electron chi connectivity index (χ2n) is 7.66. The van der Waals surface area contributed by atoms with Gasteiger partial charge in [0.2, 0.25) is 0 Å². The summed E-state index contributed by atoms with van der Waals surface area (Å²) >= 11 is 1.73. The topological polar surface area (TPSA) is 56.5 Å². The van der Waals surface area contributed by atoms with Crippen molar-refractivity contribution in [2.45, 2.75) is 31.1 Å². The molecule has 1 fully saturated rings. The SMILES string of the molecule is COc1ccc(SC)cc1.Cc1cc(C#N)cc(C(CO)CN2CCC(C)C2)c1. The van der Waals surface area contributed by atoms with Crippen LogP contribution < -0.4 is 4.74 Å². The third-order valence-corrected chi connectivity index (χ3v) is 5.95. The number of aryl methyl sites for hydroxylation is 1. The first-order valence-corrected chi connectivity index (χ1v) is 11.2. The molecule has 29 heavy (non-hydrogen) atoms. The Labute approximate surface area is 179 Å². The lowest BCUT2D eigenvalue weighted by Gasteiger charge is -2.23. The number of aliphatic hydroxyl groups is 1. The van der Waals surface area contributed by atoms with Gasteiger partial charge in [0, 0.05) is 23.9 Å². The van der Waals surface area contributed by atoms with Crippen LogP contribution in [0.3, 0.4) is 0 Å². The Morgan fingerprint density at radius 2 is 2.00 bits per heavy atom. The van der Waals surface area contributed by atoms with Crippen LogP contribution in [0.4, 0.5) is 0 Å². The van der Waals surface area contributed by atoms with Crippen LogP contribution in [0.15, 0.2) is 47.4 Å². The molecule has 2 aromatic carbocycles. The van der Waals surface area contributed by atoms with E-state index in [1.165, 1.54) is 11.3 Å². The van der Waals surface area contributed by atoms with Crippen LogP contribution in [0.2, 0.25) is 0 Å². The van der Waals surface area contributed by atoms with E-state index >= 15 is 0 Å². The Bertz CT molecular complexity index is 779. The smallest absolute Gasteiger partial charge is 0.118 e. The molecule has 0 amide bonds. The summed E-state index contributed by atoms with van der Waals surface area (Å²) in [7, 11) is 1.67. The standard InChI is InChI=1S/C16H22N2O.C8H10OS/c1-12-3-4-18(9-12)10-16(11-19)15-6-13(2)5-14(7-15)8-17;1-9-7-3-5-8(10-2)6-4-7/h5-7,12,16,19H,3-4,9-11H2,1-2H3;3-6H,1-2H3. The molecule has 0 spiro atoms. The fraction of sp³-hybridized carbons (Fsp3) is 0.458. The first-order valence-electron chi connectivity index (χ1n) is 10.0. The minimum atomic E-state index is 0.109. The molecular weight excluding hydrogens is 380 g/mol. The molecule has 1 aliphatic heterocycles. The second-order valence-corrected chi connectivity index (χ2v) is 8.54. The molecule has 0 aliphatic carbocycles. The van der Waals surface area contributed by atoms with Crippen LogP contribution in [-0.4, -0.2) is 49.6 Å². The van der Waals surface area contributed by atoms with Crippen molar-refractivity contribution >= 4 is 11.8 Å². The van der Waals surface area contributed by atoms with E-state index < -0.39 is 0 Å². The maximum Gasteiger partial charge on any atom is 0.118 e. The number of likely N-dealkylation sites (tertiary alicyclic amines) is 1. The van der Waals surface area contributed by atoms with E-state index in [1.54, 1.807) is 18.9 Å². The fourth-order valence-electron chi connectivity index (χ4n) is 3.60. The molecule has 5 heteroatoms. The van der Waals surface area contributed by atoms with Gasteiger partial charge in [0.15, 0.2) is 0 Å². The van der Waals surface area contributed by atoms with Crippen LogP contribution in [0, 0.1) is 24.2 Å². The summed E-state index contributed by atoms with van der Waals surface area (Å²) in [6.45, 7) is 7.53. The van der Waals surface area contributed by atoms with Crippen molar-refractivity contribution in [2.24, 2.45) is 5.92 Å². The number of nitriles is 1. The molecule has 0 aromatic heterocycles. The monoisotopic (exact) mass is 412 g/mol. The second kappa shape index (κ2) is 11.9. The summed E-state index contributed by atoms with van der Waals surface area (Å²) in [5, 5.41) is 18.7. The van der Waals surface area contributed by atoms with Crippen molar-refractivity contribution in [3.63, 3.8) is 0 Å². The lowest BCUT2D eigenvalue weighted by molar-refractivity contribution is 0.218. The Morgan fingerprint density at radius 3 is 2.52 bits per heavy atom. The maximum atomic E-state index is 9.65. The molecule has 3 rings (SSSR count). The van der Waals surface area contributed by atoms with E-state index in [4.69, 9.17) is 10.00 Å². The molecule has 2 unspecified atom stereocenters. The van der Waals surface area contributed by atoms with Gasteiger partial charge in [-0.25, -0.2) is 0 Å². The number of thioether (sulfide) groups is 1. The van der Waals surface area contributed by atoms with Gasteiger partial charge in [-0.3, -0.25) is 0 Å². The number of methoxy groups -OCH3 is 1. The molecule has 1 N–H and O–H groups in total. The highest BCUT2D eigenvalue weighted by Gasteiger charge is 2.22. The molecule has 2 aromatic rings. The number of ether oxygens (including phenoxy) is 1. The molecule has 1 heterocycles. The summed E-state index contributed by atoms with van der Waals surface area (Å²) in [5.74, 6) is 1.78. The average molecular weight is 413 g/mol. The van der Waals surface area contributed by atoms with Crippen LogP contribution in [-0.2, 0) is 0 Å². The predicted octanol–water partition coefficient (Wildman–Crippen LogP) is 4.70. The number of nitrogens with zero attached hydrogens (tertiary/aromatic N) is 2. The van der Waals surface area contributed by atoms with Gasteiger partial charge in [0.1, 0.15) is 5.75 Å². The highest BCUT2D eigenvalue weighted by Crippen LogP contribution is 2.23. The zero-order valence-electron chi connectivity index (χ0n) is 17.9. The van der Waals surface area contributed by atoms with Crippen molar-refractivity contribution in [3.8, 4) is 11.8 Å². The molecule has 0 radical (unpaired) electrons. The van der Waals surface area contributed by atoms with Crippen molar-refractivity contribution in [2.75, 3.05) is 39.6 Å². The van der Waals surface area contributed by atoms with Gasteiger partial charge in [-0.15, -0.1) is 11.8 Å². The first-order chi connectivity index (χ1) is 14.0. The molecule has 2 atom stereocenters. The highest BCUT2D eigenvalue weighted by molar-refractivity contribution is 7.98. The van der Waals surface area contributed by atoms with Crippen molar-refractivity contribution in [1.82, 2.24) is 4.90 Å². The highest BCUT2D eigenvalue weighted by atomic mass is 32.2. The average Bonchev–Trinajstić information content (AvgIpc) is 3.16. The molecule has 1 aliphatic rings. The zero-order chi connectivity index (χ0) is 21.2. The van der Waals surface area contributed by atoms with Gasteiger partial charge in [-0.2, -0.15) is 5.26 Å². The Morgan fingerprint density at radius 1 is 1.28 bits per heavy atom. The van der Waals surface area contributed by atoms with Gasteiger partial charge >= 0.3 is 0 Å². The van der Waals surface area contributed by atoms with E-state index in [0.717, 1.165) is 42.4 Å². The van der Waals surface area contributed by atoms with Gasteiger partial charge in [0.05, 0.1) is 25.3 Å². The largest absolute Gasteiger partial charge is 0.497 e. The summed E-state index contributed by atoms with van der Waals surface area (Å²) in [4.78, 5) is 3.68. The van der Waals surface area contributed by atoms with Gasteiger partial charge < -0.3 is 14.7 Å². The fourth-order valence-corrected chi connectivity index (χ4v) is 4.01. The number of rotatable bonds is 6. The molecule has 156 valence electrons. The third-order valence-electron chi connectivity index (χ3n) is 5.20. The van der Waals surface area contributed by atoms with E-state index in [9.17, 15) is 5.11 Å². The van der Waals surface area contributed by atoms with Crippen molar-refractivity contribution < 1.29 is 9.84 Å². The zero-order valence-corrected chi connectivity index (χ0v) is 18.7. The van der Waals surface area contributed by atoms with Gasteiger partial charge in [-0.1, -0.05) is 13.0 Å². The quantitative estimate of drug-likeness (QED) is 0.697. The first kappa shape index (κ1) is 23.3. The predicted molar refractivity (Wildman–Crippen MR) is 121 cm³/mol. The minimum absolute atomic E-state index is 0.109. The molecule has 1 saturated heterocycles. The summed E-state index contributed by atoms with van der Waals surface area (Å²) < 4.78 is 5.00. The minimum Gasteiger partial charge on any atom is -0.497 e. The molecular formula is C24H32N2O2S. The lowest BCUT2D eigenvalue weighted by Crippen LogP contribution is -2.28. The van der Waals surface area contributed by atoms with Gasteiger partial charge in [-0.05, 0) is 79.6 Å². The van der Waals surface area contributed by atoms with Crippen LogP contribution >= 0.6 is 11.8 Å². The van der Waals surface area contributed by atoms with Crippen molar-refractivity contribution in [3.05, 3.63) is 59.2 Å². The number of aliphatic hydroxyl groups excluding tert-OH is 1. The normalized spacial score (nSPS) is 17.2. The number of hydrogen-bond donors (Lipinski definition) is 1. The van der Waals surface area contributed by atoms with E-state index in [1.807, 2.05) is 43.3 Å². The Hall–Kier alpha value is -2.00. The summed E-state index contributed by atoms with van der Waals surface area (Å²) in [5.41, 5.74) is 2.85. The van der Waals surface area contributed by atoms with E-state index in [2.05, 4.69) is 30.2 Å². The van der Waals surface area contributed by atoms with E-state index in [-0.39, 0.29) is 12.5 Å².